The summed E-state index contributed by atoms with van der Waals surface area (Å²) in [5, 5.41) is 7.15. The Morgan fingerprint density at radius 2 is 1.83 bits per heavy atom. The lowest BCUT2D eigenvalue weighted by Crippen LogP contribution is -2.30. The molecule has 0 radical (unpaired) electrons. The van der Waals surface area contributed by atoms with E-state index in [4.69, 9.17) is 12.2 Å². The fraction of sp³-hybridized carbons (Fsp3) is 0.207. The molecule has 0 saturated carbocycles. The van der Waals surface area contributed by atoms with Crippen molar-refractivity contribution in [2.24, 2.45) is 0 Å². The minimum absolute atomic E-state index is 0.00615. The van der Waals surface area contributed by atoms with Crippen molar-refractivity contribution in [2.75, 3.05) is 10.2 Å². The normalized spacial score (nSPS) is 17.2. The van der Waals surface area contributed by atoms with Crippen molar-refractivity contribution in [1.82, 2.24) is 14.9 Å². The number of thiocarbonyl (C=S) groups is 1. The highest BCUT2D eigenvalue weighted by Gasteiger charge is 2.42. The van der Waals surface area contributed by atoms with Gasteiger partial charge in [-0.25, -0.2) is 0 Å². The van der Waals surface area contributed by atoms with Crippen LogP contribution in [0.5, 0.6) is 0 Å². The van der Waals surface area contributed by atoms with E-state index in [2.05, 4.69) is 80.7 Å². The van der Waals surface area contributed by atoms with Gasteiger partial charge in [-0.3, -0.25) is 9.78 Å². The van der Waals surface area contributed by atoms with E-state index in [1.807, 2.05) is 50.4 Å². The van der Waals surface area contributed by atoms with Gasteiger partial charge in [0, 0.05) is 41.6 Å². The molecule has 1 aliphatic rings. The van der Waals surface area contributed by atoms with E-state index in [0.29, 0.717) is 11.5 Å². The molecule has 1 fully saturated rings. The SMILES string of the molecule is CCC(=O)Nc1ccc(N2C(=S)N[C@@H](c3ccccn3)[C@H]2c2cccn2-c2ccccc2C)cc1C. The van der Waals surface area contributed by atoms with Crippen LogP contribution in [0.25, 0.3) is 5.69 Å². The molecule has 1 aliphatic heterocycles. The molecule has 182 valence electrons. The molecule has 2 atom stereocenters. The monoisotopic (exact) mass is 495 g/mol. The van der Waals surface area contributed by atoms with Gasteiger partial charge in [-0.2, -0.15) is 0 Å². The number of hydrogen-bond acceptors (Lipinski definition) is 3. The standard InChI is InChI=1S/C29H29N5OS/c1-4-26(35)31-22-15-14-21(18-20(22)3)34-28(27(32-29(34)36)23-11-7-8-16-30-23)25-13-9-17-33(25)24-12-6-5-10-19(24)2/h5-18,27-28H,4H2,1-3H3,(H,31,35)(H,32,36)/t27-,28+/m0/s1. The highest BCUT2D eigenvalue weighted by molar-refractivity contribution is 7.80. The van der Waals surface area contributed by atoms with Gasteiger partial charge in [-0.1, -0.05) is 31.2 Å². The van der Waals surface area contributed by atoms with Gasteiger partial charge < -0.3 is 20.1 Å². The summed E-state index contributed by atoms with van der Waals surface area (Å²) >= 11 is 5.91. The Balaban J connectivity index is 1.63. The predicted molar refractivity (Wildman–Crippen MR) is 149 cm³/mol. The van der Waals surface area contributed by atoms with Crippen LogP contribution in [0, 0.1) is 13.8 Å². The molecule has 7 heteroatoms. The lowest BCUT2D eigenvalue weighted by Gasteiger charge is -2.29. The fourth-order valence-electron chi connectivity index (χ4n) is 4.80. The Kier molecular flexibility index (Phi) is 6.57. The molecule has 5 rings (SSSR count). The van der Waals surface area contributed by atoms with Crippen LogP contribution in [0.1, 0.15) is 47.9 Å². The lowest BCUT2D eigenvalue weighted by atomic mass is 10.00. The Hall–Kier alpha value is -3.97. The maximum atomic E-state index is 12.0. The molecular formula is C29H29N5OS. The van der Waals surface area contributed by atoms with Crippen molar-refractivity contribution in [3.05, 3.63) is 108 Å². The van der Waals surface area contributed by atoms with Gasteiger partial charge in [-0.15, -0.1) is 0 Å². The maximum Gasteiger partial charge on any atom is 0.224 e. The molecule has 3 heterocycles. The summed E-state index contributed by atoms with van der Waals surface area (Å²) in [5.74, 6) is -0.00615. The maximum absolute atomic E-state index is 12.0. The van der Waals surface area contributed by atoms with Crippen molar-refractivity contribution in [3.63, 3.8) is 0 Å². The van der Waals surface area contributed by atoms with Crippen molar-refractivity contribution in [3.8, 4) is 5.69 Å². The van der Waals surface area contributed by atoms with Gasteiger partial charge in [0.15, 0.2) is 5.11 Å². The summed E-state index contributed by atoms with van der Waals surface area (Å²) in [5.41, 5.74) is 7.10. The van der Waals surface area contributed by atoms with E-state index >= 15 is 0 Å². The minimum Gasteiger partial charge on any atom is -0.351 e. The second kappa shape index (κ2) is 9.95. The summed E-state index contributed by atoms with van der Waals surface area (Å²) < 4.78 is 2.24. The van der Waals surface area contributed by atoms with Crippen LogP contribution < -0.4 is 15.5 Å². The highest BCUT2D eigenvalue weighted by Crippen LogP contribution is 2.43. The first kappa shape index (κ1) is 23.8. The number of aromatic nitrogens is 2. The van der Waals surface area contributed by atoms with Gasteiger partial charge in [0.25, 0.3) is 0 Å². The number of anilines is 2. The largest absolute Gasteiger partial charge is 0.351 e. The smallest absolute Gasteiger partial charge is 0.224 e. The van der Waals surface area contributed by atoms with Crippen molar-refractivity contribution < 1.29 is 4.79 Å². The number of pyridine rings is 1. The number of benzene rings is 2. The van der Waals surface area contributed by atoms with Crippen molar-refractivity contribution >= 4 is 34.6 Å². The van der Waals surface area contributed by atoms with Crippen molar-refractivity contribution in [2.45, 2.75) is 39.3 Å². The molecule has 2 aromatic heterocycles. The predicted octanol–water partition coefficient (Wildman–Crippen LogP) is 6.01. The number of nitrogens with zero attached hydrogens (tertiary/aromatic N) is 3. The van der Waals surface area contributed by atoms with Crippen LogP contribution >= 0.6 is 12.2 Å². The number of carbonyl (C=O) groups excluding carboxylic acids is 1. The second-order valence-electron chi connectivity index (χ2n) is 8.99. The summed E-state index contributed by atoms with van der Waals surface area (Å²) in [4.78, 5) is 18.8. The lowest BCUT2D eigenvalue weighted by molar-refractivity contribution is -0.115. The summed E-state index contributed by atoms with van der Waals surface area (Å²) in [6.45, 7) is 5.97. The van der Waals surface area contributed by atoms with E-state index in [1.54, 1.807) is 0 Å². The average Bonchev–Trinajstić information content (AvgIpc) is 3.50. The molecule has 0 unspecified atom stereocenters. The first-order valence-corrected chi connectivity index (χ1v) is 12.5. The van der Waals surface area contributed by atoms with Crippen molar-refractivity contribution in [1.29, 1.82) is 0 Å². The molecule has 0 spiro atoms. The Morgan fingerprint density at radius 3 is 2.56 bits per heavy atom. The molecule has 6 nitrogen and oxygen atoms in total. The van der Waals surface area contributed by atoms with Crippen LogP contribution in [0.3, 0.4) is 0 Å². The molecule has 36 heavy (non-hydrogen) atoms. The Morgan fingerprint density at radius 1 is 1.03 bits per heavy atom. The zero-order valence-electron chi connectivity index (χ0n) is 20.6. The number of hydrogen-bond donors (Lipinski definition) is 2. The average molecular weight is 496 g/mol. The number of rotatable bonds is 6. The van der Waals surface area contributed by atoms with E-state index < -0.39 is 0 Å². The summed E-state index contributed by atoms with van der Waals surface area (Å²) in [7, 11) is 0. The van der Waals surface area contributed by atoms with E-state index in [9.17, 15) is 4.79 Å². The van der Waals surface area contributed by atoms with E-state index in [1.165, 1.54) is 5.56 Å². The minimum atomic E-state index is -0.142. The van der Waals surface area contributed by atoms with Gasteiger partial charge in [0.1, 0.15) is 6.04 Å². The zero-order chi connectivity index (χ0) is 25.2. The van der Waals surface area contributed by atoms with Crippen LogP contribution in [0.15, 0.2) is 85.2 Å². The second-order valence-corrected chi connectivity index (χ2v) is 9.37. The Labute approximate surface area is 217 Å². The third-order valence-electron chi connectivity index (χ3n) is 6.64. The fourth-order valence-corrected chi connectivity index (χ4v) is 5.14. The van der Waals surface area contributed by atoms with Gasteiger partial charge in [0.2, 0.25) is 5.91 Å². The third kappa shape index (κ3) is 4.38. The molecule has 1 amide bonds. The molecule has 1 saturated heterocycles. The van der Waals surface area contributed by atoms with Gasteiger partial charge >= 0.3 is 0 Å². The first-order valence-electron chi connectivity index (χ1n) is 12.1. The summed E-state index contributed by atoms with van der Waals surface area (Å²) in [6, 6.07) is 24.3. The zero-order valence-corrected chi connectivity index (χ0v) is 21.4. The number of aryl methyl sites for hydroxylation is 2. The number of para-hydroxylation sites is 1. The first-order chi connectivity index (χ1) is 17.5. The highest BCUT2D eigenvalue weighted by atomic mass is 32.1. The molecule has 2 aromatic carbocycles. The summed E-state index contributed by atoms with van der Waals surface area (Å²) in [6.07, 6.45) is 4.35. The van der Waals surface area contributed by atoms with Gasteiger partial charge in [0.05, 0.1) is 11.7 Å². The Bertz CT molecular complexity index is 1410. The van der Waals surface area contributed by atoms with Crippen LogP contribution in [-0.2, 0) is 4.79 Å². The molecule has 4 aromatic rings. The molecule has 0 aliphatic carbocycles. The topological polar surface area (TPSA) is 62.2 Å². The van der Waals surface area contributed by atoms with Crippen LogP contribution in [0.4, 0.5) is 11.4 Å². The number of amides is 1. The third-order valence-corrected chi connectivity index (χ3v) is 6.95. The molecular weight excluding hydrogens is 466 g/mol. The molecule has 0 bridgehead atoms. The number of nitrogens with one attached hydrogen (secondary N) is 2. The van der Waals surface area contributed by atoms with E-state index in [-0.39, 0.29) is 18.0 Å². The molecule has 2 N–H and O–H groups in total. The van der Waals surface area contributed by atoms with Crippen LogP contribution in [-0.4, -0.2) is 20.6 Å². The van der Waals surface area contributed by atoms with Crippen LogP contribution in [0.2, 0.25) is 0 Å². The quantitative estimate of drug-likeness (QED) is 0.321. The van der Waals surface area contributed by atoms with E-state index in [0.717, 1.165) is 34.0 Å². The van der Waals surface area contributed by atoms with Gasteiger partial charge in [-0.05, 0) is 85.7 Å². The number of carbonyl (C=O) groups is 1.